The second-order valence-electron chi connectivity index (χ2n) is 4.51. The molecule has 2 unspecified atom stereocenters. The van der Waals surface area contributed by atoms with Crippen LogP contribution < -0.4 is 5.32 Å². The number of rotatable bonds is 5. The van der Waals surface area contributed by atoms with E-state index in [1.807, 2.05) is 18.2 Å². The van der Waals surface area contributed by atoms with Gasteiger partial charge in [-0.05, 0) is 42.5 Å². The molecule has 0 radical (unpaired) electrons. The first-order valence-electron chi connectivity index (χ1n) is 5.88. The lowest BCUT2D eigenvalue weighted by atomic mass is 10.2. The Morgan fingerprint density at radius 2 is 2.19 bits per heavy atom. The number of halogens is 2. The fourth-order valence-corrected chi connectivity index (χ4v) is 2.49. The van der Waals surface area contributed by atoms with Crippen molar-refractivity contribution in [3.8, 4) is 0 Å². The van der Waals surface area contributed by atoms with Gasteiger partial charge in [-0.1, -0.05) is 36.5 Å². The van der Waals surface area contributed by atoms with Gasteiger partial charge in [0.25, 0.3) is 0 Å². The fourth-order valence-electron chi connectivity index (χ4n) is 2.11. The Hall–Kier alpha value is -0.240. The van der Waals surface area contributed by atoms with Gasteiger partial charge >= 0.3 is 0 Å². The Bertz CT molecular complexity index is 365. The maximum Gasteiger partial charge on any atom is 0.0451 e. The summed E-state index contributed by atoms with van der Waals surface area (Å²) >= 11 is 12.0. The molecule has 1 saturated carbocycles. The van der Waals surface area contributed by atoms with Gasteiger partial charge in [-0.25, -0.2) is 0 Å². The summed E-state index contributed by atoms with van der Waals surface area (Å²) in [5, 5.41) is 5.08. The van der Waals surface area contributed by atoms with Crippen molar-refractivity contribution in [2.75, 3.05) is 0 Å². The highest BCUT2D eigenvalue weighted by Crippen LogP contribution is 2.35. The van der Waals surface area contributed by atoms with Crippen LogP contribution in [0.2, 0.25) is 10.0 Å². The molecule has 0 heterocycles. The molecule has 1 aromatic rings. The van der Waals surface area contributed by atoms with Gasteiger partial charge in [-0.2, -0.15) is 0 Å². The summed E-state index contributed by atoms with van der Waals surface area (Å²) < 4.78 is 0. The fraction of sp³-hybridized carbons (Fsp3) is 0.538. The molecule has 1 fully saturated rings. The number of hydrogen-bond acceptors (Lipinski definition) is 1. The van der Waals surface area contributed by atoms with Gasteiger partial charge in [0, 0.05) is 22.6 Å². The van der Waals surface area contributed by atoms with Crippen molar-refractivity contribution in [3.63, 3.8) is 0 Å². The van der Waals surface area contributed by atoms with Gasteiger partial charge < -0.3 is 5.32 Å². The highest BCUT2D eigenvalue weighted by Gasteiger charge is 2.35. The summed E-state index contributed by atoms with van der Waals surface area (Å²) in [5.41, 5.74) is 1.09. The van der Waals surface area contributed by atoms with Crippen LogP contribution in [0.25, 0.3) is 0 Å². The van der Waals surface area contributed by atoms with E-state index in [-0.39, 0.29) is 0 Å². The molecule has 1 aliphatic carbocycles. The second kappa shape index (κ2) is 5.39. The summed E-state index contributed by atoms with van der Waals surface area (Å²) in [6, 6.07) is 6.31. The van der Waals surface area contributed by atoms with Crippen LogP contribution >= 0.6 is 23.2 Å². The molecule has 0 spiro atoms. The van der Waals surface area contributed by atoms with E-state index in [2.05, 4.69) is 12.2 Å². The van der Waals surface area contributed by atoms with Crippen molar-refractivity contribution < 1.29 is 0 Å². The van der Waals surface area contributed by atoms with E-state index in [1.54, 1.807) is 0 Å². The number of hydrogen-bond donors (Lipinski definition) is 1. The van der Waals surface area contributed by atoms with Crippen molar-refractivity contribution in [3.05, 3.63) is 33.8 Å². The summed E-state index contributed by atoms with van der Waals surface area (Å²) in [4.78, 5) is 0. The zero-order valence-electron chi connectivity index (χ0n) is 9.47. The van der Waals surface area contributed by atoms with E-state index in [4.69, 9.17) is 23.2 Å². The van der Waals surface area contributed by atoms with Gasteiger partial charge in [-0.3, -0.25) is 0 Å². The van der Waals surface area contributed by atoms with E-state index < -0.39 is 0 Å². The SMILES string of the molecule is CCCC1CC1NCc1cc(Cl)ccc1Cl. The standard InChI is InChI=1S/C13H17Cl2N/c1-2-3-9-7-13(9)16-8-10-6-11(14)4-5-12(10)15/h4-6,9,13,16H,2-3,7-8H2,1H3. The molecule has 3 heteroatoms. The molecule has 0 saturated heterocycles. The normalized spacial score (nSPS) is 23.4. The van der Waals surface area contributed by atoms with Crippen molar-refractivity contribution in [1.29, 1.82) is 0 Å². The first-order valence-corrected chi connectivity index (χ1v) is 6.63. The lowest BCUT2D eigenvalue weighted by Crippen LogP contribution is -2.17. The van der Waals surface area contributed by atoms with Gasteiger partial charge in [-0.15, -0.1) is 0 Å². The van der Waals surface area contributed by atoms with Crippen LogP contribution in [0.1, 0.15) is 31.7 Å². The Morgan fingerprint density at radius 3 is 2.94 bits per heavy atom. The molecule has 0 bridgehead atoms. The summed E-state index contributed by atoms with van der Waals surface area (Å²) in [6.45, 7) is 3.06. The third kappa shape index (κ3) is 3.13. The predicted octanol–water partition coefficient (Wildman–Crippen LogP) is 4.27. The third-order valence-corrected chi connectivity index (χ3v) is 3.75. The quantitative estimate of drug-likeness (QED) is 0.831. The maximum atomic E-state index is 6.10. The van der Waals surface area contributed by atoms with Crippen molar-refractivity contribution in [1.82, 2.24) is 5.32 Å². The molecule has 1 aromatic carbocycles. The van der Waals surface area contributed by atoms with E-state index in [0.717, 1.165) is 28.1 Å². The van der Waals surface area contributed by atoms with Gasteiger partial charge in [0.1, 0.15) is 0 Å². The van der Waals surface area contributed by atoms with Crippen LogP contribution in [0.15, 0.2) is 18.2 Å². The van der Waals surface area contributed by atoms with Crippen molar-refractivity contribution >= 4 is 23.2 Å². The van der Waals surface area contributed by atoms with Crippen molar-refractivity contribution in [2.24, 2.45) is 5.92 Å². The summed E-state index contributed by atoms with van der Waals surface area (Å²) in [5.74, 6) is 0.878. The zero-order valence-corrected chi connectivity index (χ0v) is 11.0. The molecule has 0 aromatic heterocycles. The Labute approximate surface area is 107 Å². The molecule has 2 atom stereocenters. The average molecular weight is 258 g/mol. The predicted molar refractivity (Wildman–Crippen MR) is 70.1 cm³/mol. The minimum absolute atomic E-state index is 0.690. The van der Waals surface area contributed by atoms with Crippen LogP contribution in [-0.4, -0.2) is 6.04 Å². The topological polar surface area (TPSA) is 12.0 Å². The molecule has 1 N–H and O–H groups in total. The van der Waals surface area contributed by atoms with Gasteiger partial charge in [0.2, 0.25) is 0 Å². The van der Waals surface area contributed by atoms with Crippen LogP contribution in [0, 0.1) is 5.92 Å². The summed E-state index contributed by atoms with van der Waals surface area (Å²) in [6.07, 6.45) is 3.92. The van der Waals surface area contributed by atoms with Crippen LogP contribution in [0.3, 0.4) is 0 Å². The minimum atomic E-state index is 0.690. The van der Waals surface area contributed by atoms with Gasteiger partial charge in [0.05, 0.1) is 0 Å². The lowest BCUT2D eigenvalue weighted by Gasteiger charge is -2.06. The largest absolute Gasteiger partial charge is 0.310 e. The monoisotopic (exact) mass is 257 g/mol. The second-order valence-corrected chi connectivity index (χ2v) is 5.35. The molecule has 1 aliphatic rings. The third-order valence-electron chi connectivity index (χ3n) is 3.14. The molecule has 2 rings (SSSR count). The molecule has 88 valence electrons. The molecular formula is C13H17Cl2N. The van der Waals surface area contributed by atoms with E-state index >= 15 is 0 Å². The Balaban J connectivity index is 1.84. The number of nitrogens with one attached hydrogen (secondary N) is 1. The van der Waals surface area contributed by atoms with Crippen molar-refractivity contribution in [2.45, 2.75) is 38.8 Å². The number of benzene rings is 1. The Kier molecular flexibility index (Phi) is 4.12. The van der Waals surface area contributed by atoms with E-state index in [0.29, 0.717) is 6.04 Å². The Morgan fingerprint density at radius 1 is 1.38 bits per heavy atom. The zero-order chi connectivity index (χ0) is 11.5. The lowest BCUT2D eigenvalue weighted by molar-refractivity contribution is 0.599. The molecular weight excluding hydrogens is 241 g/mol. The van der Waals surface area contributed by atoms with Crippen LogP contribution in [0.4, 0.5) is 0 Å². The average Bonchev–Trinajstić information content (AvgIpc) is 2.99. The first kappa shape index (κ1) is 12.2. The highest BCUT2D eigenvalue weighted by molar-refractivity contribution is 6.33. The van der Waals surface area contributed by atoms with Crippen LogP contribution in [-0.2, 0) is 6.54 Å². The summed E-state index contributed by atoms with van der Waals surface area (Å²) in [7, 11) is 0. The smallest absolute Gasteiger partial charge is 0.0451 e. The van der Waals surface area contributed by atoms with Gasteiger partial charge in [0.15, 0.2) is 0 Å². The first-order chi connectivity index (χ1) is 7.70. The molecule has 1 nitrogen and oxygen atoms in total. The van der Waals surface area contributed by atoms with E-state index in [1.165, 1.54) is 19.3 Å². The van der Waals surface area contributed by atoms with Crippen LogP contribution in [0.5, 0.6) is 0 Å². The van der Waals surface area contributed by atoms with E-state index in [9.17, 15) is 0 Å². The molecule has 0 aliphatic heterocycles. The maximum absolute atomic E-state index is 6.10. The highest BCUT2D eigenvalue weighted by atomic mass is 35.5. The molecule has 16 heavy (non-hydrogen) atoms. The molecule has 0 amide bonds. The minimum Gasteiger partial charge on any atom is -0.310 e.